The van der Waals surface area contributed by atoms with E-state index in [9.17, 15) is 5.11 Å². The van der Waals surface area contributed by atoms with Crippen LogP contribution in [0.15, 0.2) is 18.2 Å². The molecule has 0 amide bonds. The molecule has 1 aromatic heterocycles. The van der Waals surface area contributed by atoms with E-state index >= 15 is 0 Å². The van der Waals surface area contributed by atoms with Gasteiger partial charge in [0.15, 0.2) is 0 Å². The number of aromatic nitrogens is 1. The molecule has 0 saturated carbocycles. The molecule has 1 aliphatic heterocycles. The molecule has 22 heavy (non-hydrogen) atoms. The molecule has 1 fully saturated rings. The van der Waals surface area contributed by atoms with Crippen LogP contribution in [0.3, 0.4) is 0 Å². The van der Waals surface area contributed by atoms with Crippen LogP contribution in [0.5, 0.6) is 0 Å². The molecule has 3 rings (SSSR count). The summed E-state index contributed by atoms with van der Waals surface area (Å²) in [6.45, 7) is 4.76. The Bertz CT molecular complexity index is 690. The summed E-state index contributed by atoms with van der Waals surface area (Å²) in [6.07, 6.45) is 0.473. The van der Waals surface area contributed by atoms with Crippen molar-refractivity contribution in [1.82, 2.24) is 10.3 Å². The highest BCUT2D eigenvalue weighted by atomic mass is 35.5. The third kappa shape index (κ3) is 3.22. The molecule has 3 nitrogen and oxygen atoms in total. The van der Waals surface area contributed by atoms with Crippen LogP contribution in [-0.4, -0.2) is 24.2 Å². The molecule has 6 heteroatoms. The molecule has 0 aliphatic carbocycles. The number of fused-ring (bicyclic) bond motifs is 1. The first-order valence-electron chi connectivity index (χ1n) is 7.82. The number of aliphatic hydroxyl groups is 1. The molecule has 0 bridgehead atoms. The fourth-order valence-electron chi connectivity index (χ4n) is 3.43. The van der Waals surface area contributed by atoms with Crippen molar-refractivity contribution in [1.29, 1.82) is 0 Å². The second kappa shape index (κ2) is 6.17. The van der Waals surface area contributed by atoms with Crippen LogP contribution in [0.4, 0.5) is 0 Å². The fraction of sp³-hybridized carbons (Fsp3) is 0.500. The lowest BCUT2D eigenvalue weighted by Gasteiger charge is -2.21. The average Bonchev–Trinajstić information content (AvgIpc) is 3.04. The molecule has 3 unspecified atom stereocenters. The molecule has 120 valence electrons. The molecule has 2 heterocycles. The maximum absolute atomic E-state index is 10.5. The summed E-state index contributed by atoms with van der Waals surface area (Å²) in [5.74, 6) is 0. The Labute approximate surface area is 142 Å². The number of halogens is 2. The minimum atomic E-state index is -1.06. The van der Waals surface area contributed by atoms with E-state index in [1.54, 1.807) is 6.07 Å². The quantitative estimate of drug-likeness (QED) is 0.537. The zero-order valence-corrected chi connectivity index (χ0v) is 15.4. The topological polar surface area (TPSA) is 48.0 Å². The predicted molar refractivity (Wildman–Crippen MR) is 96.5 cm³/mol. The van der Waals surface area contributed by atoms with E-state index in [0.29, 0.717) is 16.1 Å². The Hall–Kier alpha value is -0.523. The Balaban J connectivity index is 1.76. The Kier molecular flexibility index (Phi) is 4.58. The molecular weight excluding hydrogens is 335 g/mol. The lowest BCUT2D eigenvalue weighted by atomic mass is 10.2. The number of hydrogen-bond donors (Lipinski definition) is 3. The second-order valence-corrected chi connectivity index (χ2v) is 12.8. The smallest absolute Gasteiger partial charge is 0.146 e. The van der Waals surface area contributed by atoms with Gasteiger partial charge >= 0.3 is 0 Å². The maximum atomic E-state index is 10.5. The monoisotopic (exact) mass is 356 g/mol. The lowest BCUT2D eigenvalue weighted by molar-refractivity contribution is 0.123. The molecule has 1 aromatic carbocycles. The average molecular weight is 357 g/mol. The molecule has 0 spiro atoms. The van der Waals surface area contributed by atoms with Gasteiger partial charge in [-0.15, -0.1) is 0 Å². The second-order valence-electron chi connectivity index (χ2n) is 6.75. The summed E-state index contributed by atoms with van der Waals surface area (Å²) in [7, 11) is -1.06. The summed E-state index contributed by atoms with van der Waals surface area (Å²) in [5, 5.41) is 15.9. The SMILES string of the molecule is CC[Si]1(C)CCC(NC(O)c2cc3c(Cl)cc(Cl)cc3[nH]2)C1. The van der Waals surface area contributed by atoms with E-state index in [2.05, 4.69) is 23.8 Å². The number of benzene rings is 1. The number of aliphatic hydroxyl groups excluding tert-OH is 1. The molecule has 3 N–H and O–H groups in total. The van der Waals surface area contributed by atoms with Crippen molar-refractivity contribution in [3.05, 3.63) is 33.9 Å². The Morgan fingerprint density at radius 1 is 1.41 bits per heavy atom. The van der Waals surface area contributed by atoms with Crippen molar-refractivity contribution in [3.63, 3.8) is 0 Å². The summed E-state index contributed by atoms with van der Waals surface area (Å²) < 4.78 is 0. The summed E-state index contributed by atoms with van der Waals surface area (Å²) in [6, 6.07) is 9.78. The third-order valence-corrected chi connectivity index (χ3v) is 10.3. The molecule has 0 radical (unpaired) electrons. The molecule has 1 aliphatic rings. The van der Waals surface area contributed by atoms with Crippen LogP contribution < -0.4 is 5.32 Å². The van der Waals surface area contributed by atoms with Gasteiger partial charge in [-0.2, -0.15) is 0 Å². The van der Waals surface area contributed by atoms with Crippen LogP contribution in [0, 0.1) is 0 Å². The Morgan fingerprint density at radius 3 is 2.86 bits per heavy atom. The minimum Gasteiger partial charge on any atom is -0.373 e. The van der Waals surface area contributed by atoms with Crippen molar-refractivity contribution < 1.29 is 5.11 Å². The molecule has 2 aromatic rings. The van der Waals surface area contributed by atoms with Gasteiger partial charge in [-0.1, -0.05) is 48.8 Å². The van der Waals surface area contributed by atoms with E-state index < -0.39 is 14.3 Å². The normalized spacial score (nSPS) is 26.7. The highest BCUT2D eigenvalue weighted by Gasteiger charge is 2.36. The van der Waals surface area contributed by atoms with Crippen LogP contribution in [0.1, 0.15) is 25.3 Å². The first kappa shape index (κ1) is 16.3. The third-order valence-electron chi connectivity index (χ3n) is 5.05. The zero-order valence-electron chi connectivity index (χ0n) is 12.9. The van der Waals surface area contributed by atoms with Crippen molar-refractivity contribution in [2.24, 2.45) is 0 Å². The van der Waals surface area contributed by atoms with Gasteiger partial charge in [0.25, 0.3) is 0 Å². The van der Waals surface area contributed by atoms with E-state index in [0.717, 1.165) is 16.6 Å². The number of rotatable bonds is 4. The fourth-order valence-corrected chi connectivity index (χ4v) is 7.38. The Morgan fingerprint density at radius 2 is 2.18 bits per heavy atom. The number of nitrogens with one attached hydrogen (secondary N) is 2. The van der Waals surface area contributed by atoms with E-state index in [1.807, 2.05) is 12.1 Å². The van der Waals surface area contributed by atoms with Gasteiger partial charge in [-0.25, -0.2) is 0 Å². The summed E-state index contributed by atoms with van der Waals surface area (Å²) in [5.41, 5.74) is 1.60. The van der Waals surface area contributed by atoms with Crippen molar-refractivity contribution in [2.75, 3.05) is 0 Å². The first-order valence-corrected chi connectivity index (χ1v) is 11.7. The van der Waals surface area contributed by atoms with Crippen molar-refractivity contribution in [2.45, 2.75) is 50.3 Å². The van der Waals surface area contributed by atoms with E-state index in [-0.39, 0.29) is 0 Å². The maximum Gasteiger partial charge on any atom is 0.146 e. The van der Waals surface area contributed by atoms with E-state index in [1.165, 1.54) is 24.6 Å². The largest absolute Gasteiger partial charge is 0.373 e. The van der Waals surface area contributed by atoms with Gasteiger partial charge in [0.1, 0.15) is 6.23 Å². The van der Waals surface area contributed by atoms with Gasteiger partial charge in [0.05, 0.1) is 18.8 Å². The van der Waals surface area contributed by atoms with Gasteiger partial charge in [-0.05, 0) is 30.7 Å². The summed E-state index contributed by atoms with van der Waals surface area (Å²) >= 11 is 12.2. The van der Waals surface area contributed by atoms with Crippen LogP contribution in [-0.2, 0) is 0 Å². The number of aromatic amines is 1. The number of hydrogen-bond acceptors (Lipinski definition) is 2. The van der Waals surface area contributed by atoms with Gasteiger partial charge in [0, 0.05) is 22.0 Å². The predicted octanol–water partition coefficient (Wildman–Crippen LogP) is 4.93. The van der Waals surface area contributed by atoms with E-state index in [4.69, 9.17) is 23.2 Å². The van der Waals surface area contributed by atoms with Gasteiger partial charge in [0.2, 0.25) is 0 Å². The van der Waals surface area contributed by atoms with Crippen LogP contribution >= 0.6 is 23.2 Å². The standard InChI is InChI=1S/C16H22Cl2N2OSi/c1-3-22(2)5-4-11(9-22)19-16(21)15-8-12-13(18)6-10(17)7-14(12)20-15/h6-8,11,16,19-21H,3-5,9H2,1-2H3. The lowest BCUT2D eigenvalue weighted by Crippen LogP contribution is -2.34. The van der Waals surface area contributed by atoms with Crippen LogP contribution in [0.25, 0.3) is 10.9 Å². The van der Waals surface area contributed by atoms with Gasteiger partial charge in [-0.3, -0.25) is 5.32 Å². The molecule has 3 atom stereocenters. The van der Waals surface area contributed by atoms with Crippen molar-refractivity contribution >= 4 is 42.2 Å². The van der Waals surface area contributed by atoms with Crippen molar-refractivity contribution in [3.8, 4) is 0 Å². The van der Waals surface area contributed by atoms with Gasteiger partial charge < -0.3 is 10.1 Å². The highest BCUT2D eigenvalue weighted by Crippen LogP contribution is 2.35. The van der Waals surface area contributed by atoms with Crippen LogP contribution in [0.2, 0.25) is 34.7 Å². The number of H-pyrrole nitrogens is 1. The molecule has 1 saturated heterocycles. The minimum absolute atomic E-state index is 0.414. The highest BCUT2D eigenvalue weighted by molar-refractivity contribution is 6.79. The molecular formula is C16H22Cl2N2OSi. The first-order chi connectivity index (χ1) is 10.4. The summed E-state index contributed by atoms with van der Waals surface area (Å²) in [4.78, 5) is 3.22. The zero-order chi connectivity index (χ0) is 15.9.